The number of nitrogens with one attached hydrogen (secondary N) is 1. The molecule has 0 bridgehead atoms. The van der Waals surface area contributed by atoms with E-state index in [4.69, 9.17) is 5.11 Å². The van der Waals surface area contributed by atoms with E-state index < -0.39 is 23.2 Å². The zero-order chi connectivity index (χ0) is 13.3. The van der Waals surface area contributed by atoms with Gasteiger partial charge < -0.3 is 5.11 Å². The summed E-state index contributed by atoms with van der Waals surface area (Å²) >= 11 is 0.686. The van der Waals surface area contributed by atoms with Crippen LogP contribution in [-0.4, -0.2) is 26.3 Å². The van der Waals surface area contributed by atoms with Crippen molar-refractivity contribution >= 4 is 17.7 Å². The van der Waals surface area contributed by atoms with Gasteiger partial charge in [-0.3, -0.25) is 5.10 Å². The number of benzene rings is 1. The Balaban J connectivity index is 2.37. The van der Waals surface area contributed by atoms with Gasteiger partial charge in [0.2, 0.25) is 5.16 Å². The Kier molecular flexibility index (Phi) is 3.28. The number of rotatable bonds is 3. The van der Waals surface area contributed by atoms with Gasteiger partial charge in [-0.25, -0.2) is 18.6 Å². The van der Waals surface area contributed by atoms with Crippen molar-refractivity contribution in [2.45, 2.75) is 17.0 Å². The summed E-state index contributed by atoms with van der Waals surface area (Å²) in [5, 5.41) is 15.1. The lowest BCUT2D eigenvalue weighted by atomic mass is 10.2. The van der Waals surface area contributed by atoms with Crippen molar-refractivity contribution in [2.24, 2.45) is 0 Å². The molecule has 0 fully saturated rings. The highest BCUT2D eigenvalue weighted by molar-refractivity contribution is 7.99. The highest BCUT2D eigenvalue weighted by atomic mass is 32.2. The zero-order valence-electron chi connectivity index (χ0n) is 9.07. The molecule has 0 spiro atoms. The second-order valence-electron chi connectivity index (χ2n) is 3.38. The lowest BCUT2D eigenvalue weighted by Gasteiger charge is -2.03. The SMILES string of the molecule is Cc1nc(Sc2c(F)cc(C(=O)O)cc2F)n[nH]1. The summed E-state index contributed by atoms with van der Waals surface area (Å²) in [5.74, 6) is -2.79. The second-order valence-corrected chi connectivity index (χ2v) is 4.36. The van der Waals surface area contributed by atoms with Crippen molar-refractivity contribution in [1.29, 1.82) is 0 Å². The van der Waals surface area contributed by atoms with Gasteiger partial charge in [-0.1, -0.05) is 0 Å². The summed E-state index contributed by atoms with van der Waals surface area (Å²) < 4.78 is 27.1. The van der Waals surface area contributed by atoms with Crippen molar-refractivity contribution in [3.05, 3.63) is 35.2 Å². The van der Waals surface area contributed by atoms with Crippen molar-refractivity contribution in [3.63, 3.8) is 0 Å². The number of nitrogens with zero attached hydrogens (tertiary/aromatic N) is 2. The van der Waals surface area contributed by atoms with E-state index in [9.17, 15) is 13.6 Å². The predicted molar refractivity (Wildman–Crippen MR) is 58.6 cm³/mol. The summed E-state index contributed by atoms with van der Waals surface area (Å²) in [6.45, 7) is 1.65. The number of hydrogen-bond donors (Lipinski definition) is 2. The van der Waals surface area contributed by atoms with Gasteiger partial charge in [0.15, 0.2) is 0 Å². The maximum atomic E-state index is 13.6. The van der Waals surface area contributed by atoms with E-state index in [1.807, 2.05) is 0 Å². The second kappa shape index (κ2) is 4.73. The Morgan fingerprint density at radius 2 is 2.00 bits per heavy atom. The van der Waals surface area contributed by atoms with Gasteiger partial charge in [0.25, 0.3) is 0 Å². The summed E-state index contributed by atoms with van der Waals surface area (Å²) in [7, 11) is 0. The van der Waals surface area contributed by atoms with Crippen molar-refractivity contribution in [1.82, 2.24) is 15.2 Å². The van der Waals surface area contributed by atoms with E-state index in [0.29, 0.717) is 17.6 Å². The number of carboxylic acid groups (broad SMARTS) is 1. The molecule has 0 unspecified atom stereocenters. The molecule has 0 radical (unpaired) electrons. The zero-order valence-corrected chi connectivity index (χ0v) is 9.89. The van der Waals surface area contributed by atoms with Crippen LogP contribution in [0, 0.1) is 18.6 Å². The van der Waals surface area contributed by atoms with Gasteiger partial charge in [0.1, 0.15) is 17.5 Å². The van der Waals surface area contributed by atoms with Gasteiger partial charge in [0, 0.05) is 0 Å². The van der Waals surface area contributed by atoms with Gasteiger partial charge in [0.05, 0.1) is 10.5 Å². The number of aryl methyl sites for hydroxylation is 1. The summed E-state index contributed by atoms with van der Waals surface area (Å²) in [4.78, 5) is 14.2. The number of H-pyrrole nitrogens is 1. The highest BCUT2D eigenvalue weighted by Crippen LogP contribution is 2.30. The van der Waals surface area contributed by atoms with Gasteiger partial charge in [-0.15, -0.1) is 5.10 Å². The minimum absolute atomic E-state index is 0.161. The lowest BCUT2D eigenvalue weighted by Crippen LogP contribution is -2.00. The number of aromatic amines is 1. The molecule has 5 nitrogen and oxygen atoms in total. The Bertz CT molecular complexity index is 592. The van der Waals surface area contributed by atoms with Crippen LogP contribution in [0.15, 0.2) is 22.2 Å². The molecule has 0 aliphatic rings. The van der Waals surface area contributed by atoms with Crippen molar-refractivity contribution in [3.8, 4) is 0 Å². The molecule has 0 saturated heterocycles. The molecular formula is C10H7F2N3O2S. The molecule has 1 heterocycles. The first-order valence-corrected chi connectivity index (χ1v) is 5.58. The molecule has 0 amide bonds. The molecule has 0 atom stereocenters. The van der Waals surface area contributed by atoms with Crippen LogP contribution in [0.2, 0.25) is 0 Å². The summed E-state index contributed by atoms with van der Waals surface area (Å²) in [6.07, 6.45) is 0. The van der Waals surface area contributed by atoms with Gasteiger partial charge in [-0.05, 0) is 30.8 Å². The monoisotopic (exact) mass is 271 g/mol. The molecule has 94 valence electrons. The average molecular weight is 271 g/mol. The number of carbonyl (C=O) groups is 1. The smallest absolute Gasteiger partial charge is 0.335 e. The first kappa shape index (κ1) is 12.5. The van der Waals surface area contributed by atoms with Crippen LogP contribution in [0.25, 0.3) is 0 Å². The van der Waals surface area contributed by atoms with Crippen LogP contribution < -0.4 is 0 Å². The largest absolute Gasteiger partial charge is 0.478 e. The molecule has 2 rings (SSSR count). The minimum atomic E-state index is -1.39. The van der Waals surface area contributed by atoms with Gasteiger partial charge >= 0.3 is 5.97 Å². The first-order chi connectivity index (χ1) is 8.47. The third-order valence-corrected chi connectivity index (χ3v) is 2.97. The molecular weight excluding hydrogens is 264 g/mol. The standard InChI is InChI=1S/C10H7F2N3O2S/c1-4-13-10(15-14-4)18-8-6(11)2-5(9(16)17)3-7(8)12/h2-3H,1H3,(H,16,17)(H,13,14,15). The van der Waals surface area contributed by atoms with Crippen LogP contribution in [0.4, 0.5) is 8.78 Å². The normalized spacial score (nSPS) is 10.6. The number of aromatic carboxylic acids is 1. The van der Waals surface area contributed by atoms with Crippen LogP contribution in [-0.2, 0) is 0 Å². The van der Waals surface area contributed by atoms with E-state index in [0.717, 1.165) is 12.1 Å². The van der Waals surface area contributed by atoms with Crippen LogP contribution in [0.1, 0.15) is 16.2 Å². The number of halogens is 2. The van der Waals surface area contributed by atoms with E-state index in [2.05, 4.69) is 15.2 Å². The first-order valence-electron chi connectivity index (χ1n) is 4.76. The summed E-state index contributed by atoms with van der Waals surface area (Å²) in [5.41, 5.74) is -0.444. The summed E-state index contributed by atoms with van der Waals surface area (Å²) in [6, 6.07) is 1.51. The molecule has 2 aromatic rings. The average Bonchev–Trinajstić information content (AvgIpc) is 2.69. The number of hydrogen-bond acceptors (Lipinski definition) is 4. The van der Waals surface area contributed by atoms with E-state index >= 15 is 0 Å². The number of aromatic nitrogens is 3. The topological polar surface area (TPSA) is 78.9 Å². The third kappa shape index (κ3) is 2.48. The van der Waals surface area contributed by atoms with Gasteiger partial charge in [-0.2, -0.15) is 0 Å². The minimum Gasteiger partial charge on any atom is -0.478 e. The quantitative estimate of drug-likeness (QED) is 0.895. The van der Waals surface area contributed by atoms with Crippen LogP contribution in [0.3, 0.4) is 0 Å². The molecule has 1 aromatic heterocycles. The molecule has 0 aliphatic carbocycles. The molecule has 1 aromatic carbocycles. The molecule has 0 saturated carbocycles. The Morgan fingerprint density at radius 3 is 2.44 bits per heavy atom. The Hall–Kier alpha value is -1.96. The molecule has 8 heteroatoms. The third-order valence-electron chi connectivity index (χ3n) is 2.02. The Morgan fingerprint density at radius 1 is 1.39 bits per heavy atom. The fraction of sp³-hybridized carbons (Fsp3) is 0.100. The van der Waals surface area contributed by atoms with E-state index in [-0.39, 0.29) is 10.1 Å². The van der Waals surface area contributed by atoms with Crippen molar-refractivity contribution < 1.29 is 18.7 Å². The lowest BCUT2D eigenvalue weighted by molar-refractivity contribution is 0.0695. The Labute approximate surface area is 104 Å². The fourth-order valence-corrected chi connectivity index (χ4v) is 2.01. The molecule has 2 N–H and O–H groups in total. The van der Waals surface area contributed by atoms with Crippen molar-refractivity contribution in [2.75, 3.05) is 0 Å². The fourth-order valence-electron chi connectivity index (χ4n) is 1.24. The molecule has 0 aliphatic heterocycles. The van der Waals surface area contributed by atoms with Crippen LogP contribution in [0.5, 0.6) is 0 Å². The molecule has 18 heavy (non-hydrogen) atoms. The number of carboxylic acids is 1. The highest BCUT2D eigenvalue weighted by Gasteiger charge is 2.17. The van der Waals surface area contributed by atoms with E-state index in [1.54, 1.807) is 6.92 Å². The predicted octanol–water partition coefficient (Wildman–Crippen LogP) is 2.24. The maximum Gasteiger partial charge on any atom is 0.335 e. The maximum absolute atomic E-state index is 13.6. The van der Waals surface area contributed by atoms with E-state index in [1.165, 1.54) is 0 Å². The van der Waals surface area contributed by atoms with Crippen LogP contribution >= 0.6 is 11.8 Å².